The van der Waals surface area contributed by atoms with E-state index in [4.69, 9.17) is 5.73 Å². The molecule has 1 aliphatic carbocycles. The molecular formula is C15H21N5. The first-order valence-electron chi connectivity index (χ1n) is 7.42. The fourth-order valence-electron chi connectivity index (χ4n) is 2.99. The third-order valence-electron chi connectivity index (χ3n) is 4.07. The summed E-state index contributed by atoms with van der Waals surface area (Å²) in [6, 6.07) is 10.5. The Bertz CT molecular complexity index is 530. The number of nitrogens with zero attached hydrogens (tertiary/aromatic N) is 4. The second-order valence-corrected chi connectivity index (χ2v) is 5.57. The maximum Gasteiger partial charge on any atom is 0.168 e. The SMILES string of the molecule is NC(Cc1ccccc1)c1nnnn1C1CCCCC1. The lowest BCUT2D eigenvalue weighted by Crippen LogP contribution is -2.23. The summed E-state index contributed by atoms with van der Waals surface area (Å²) in [5.74, 6) is 0.820. The Morgan fingerprint density at radius 3 is 2.65 bits per heavy atom. The largest absolute Gasteiger partial charge is 0.321 e. The van der Waals surface area contributed by atoms with Crippen molar-refractivity contribution in [3.8, 4) is 0 Å². The first-order valence-corrected chi connectivity index (χ1v) is 7.42. The predicted octanol–water partition coefficient (Wildman–Crippen LogP) is 2.42. The summed E-state index contributed by atoms with van der Waals surface area (Å²) in [6.07, 6.45) is 6.94. The molecule has 0 saturated heterocycles. The molecule has 5 nitrogen and oxygen atoms in total. The first kappa shape index (κ1) is 13.2. The second-order valence-electron chi connectivity index (χ2n) is 5.57. The van der Waals surface area contributed by atoms with Gasteiger partial charge in [0.1, 0.15) is 0 Å². The lowest BCUT2D eigenvalue weighted by Gasteiger charge is -2.23. The van der Waals surface area contributed by atoms with Gasteiger partial charge in [-0.3, -0.25) is 0 Å². The summed E-state index contributed by atoms with van der Waals surface area (Å²) in [5, 5.41) is 12.2. The minimum atomic E-state index is -0.144. The zero-order valence-corrected chi connectivity index (χ0v) is 11.7. The smallest absolute Gasteiger partial charge is 0.168 e. The van der Waals surface area contributed by atoms with E-state index in [1.807, 2.05) is 22.9 Å². The van der Waals surface area contributed by atoms with Gasteiger partial charge in [-0.1, -0.05) is 49.6 Å². The maximum absolute atomic E-state index is 6.32. The van der Waals surface area contributed by atoms with Crippen molar-refractivity contribution >= 4 is 0 Å². The molecule has 20 heavy (non-hydrogen) atoms. The Morgan fingerprint density at radius 2 is 1.90 bits per heavy atom. The molecule has 1 fully saturated rings. The van der Waals surface area contributed by atoms with Crippen LogP contribution in [0.25, 0.3) is 0 Å². The molecule has 0 radical (unpaired) electrons. The van der Waals surface area contributed by atoms with E-state index >= 15 is 0 Å². The predicted molar refractivity (Wildman–Crippen MR) is 77.0 cm³/mol. The third kappa shape index (κ3) is 2.88. The van der Waals surface area contributed by atoms with Crippen molar-refractivity contribution in [2.24, 2.45) is 5.73 Å². The van der Waals surface area contributed by atoms with Crippen molar-refractivity contribution < 1.29 is 0 Å². The highest BCUT2D eigenvalue weighted by molar-refractivity contribution is 5.17. The molecule has 0 spiro atoms. The van der Waals surface area contributed by atoms with Gasteiger partial charge in [0.25, 0.3) is 0 Å². The highest BCUT2D eigenvalue weighted by Crippen LogP contribution is 2.29. The molecule has 3 rings (SSSR count). The van der Waals surface area contributed by atoms with Gasteiger partial charge >= 0.3 is 0 Å². The van der Waals surface area contributed by atoms with Crippen LogP contribution >= 0.6 is 0 Å². The van der Waals surface area contributed by atoms with E-state index in [0.29, 0.717) is 6.04 Å². The van der Waals surface area contributed by atoms with Crippen LogP contribution in [-0.4, -0.2) is 20.2 Å². The lowest BCUT2D eigenvalue weighted by atomic mass is 9.95. The number of hydrogen-bond donors (Lipinski definition) is 1. The maximum atomic E-state index is 6.32. The summed E-state index contributed by atoms with van der Waals surface area (Å²) >= 11 is 0. The summed E-state index contributed by atoms with van der Waals surface area (Å²) < 4.78 is 1.97. The van der Waals surface area contributed by atoms with Crippen LogP contribution in [0, 0.1) is 0 Å². The molecule has 0 bridgehead atoms. The van der Waals surface area contributed by atoms with Crippen LogP contribution in [-0.2, 0) is 6.42 Å². The van der Waals surface area contributed by atoms with Crippen LogP contribution in [0.5, 0.6) is 0 Å². The third-order valence-corrected chi connectivity index (χ3v) is 4.07. The number of nitrogens with two attached hydrogens (primary N) is 1. The molecular weight excluding hydrogens is 250 g/mol. The van der Waals surface area contributed by atoms with E-state index in [1.165, 1.54) is 24.8 Å². The monoisotopic (exact) mass is 271 g/mol. The quantitative estimate of drug-likeness (QED) is 0.927. The highest BCUT2D eigenvalue weighted by Gasteiger charge is 2.23. The first-order chi connectivity index (χ1) is 9.84. The van der Waals surface area contributed by atoms with Gasteiger partial charge in [0.05, 0.1) is 12.1 Å². The molecule has 5 heteroatoms. The molecule has 1 atom stereocenters. The van der Waals surface area contributed by atoms with Crippen molar-refractivity contribution in [1.82, 2.24) is 20.2 Å². The number of hydrogen-bond acceptors (Lipinski definition) is 4. The number of aromatic nitrogens is 4. The van der Waals surface area contributed by atoms with Gasteiger partial charge in [-0.2, -0.15) is 0 Å². The zero-order valence-electron chi connectivity index (χ0n) is 11.7. The fraction of sp³-hybridized carbons (Fsp3) is 0.533. The Labute approximate surface area is 119 Å². The molecule has 1 aromatic carbocycles. The minimum absolute atomic E-state index is 0.144. The number of rotatable bonds is 4. The number of tetrazole rings is 1. The Balaban J connectivity index is 1.75. The van der Waals surface area contributed by atoms with Gasteiger partial charge in [-0.05, 0) is 35.3 Å². The van der Waals surface area contributed by atoms with Gasteiger partial charge in [0.15, 0.2) is 5.82 Å². The molecule has 2 aromatic rings. The van der Waals surface area contributed by atoms with E-state index in [2.05, 4.69) is 27.7 Å². The van der Waals surface area contributed by atoms with Crippen molar-refractivity contribution in [3.05, 3.63) is 41.7 Å². The van der Waals surface area contributed by atoms with Crippen molar-refractivity contribution in [3.63, 3.8) is 0 Å². The van der Waals surface area contributed by atoms with E-state index < -0.39 is 0 Å². The minimum Gasteiger partial charge on any atom is -0.321 e. The van der Waals surface area contributed by atoms with Gasteiger partial charge in [0.2, 0.25) is 0 Å². The van der Waals surface area contributed by atoms with Crippen LogP contribution < -0.4 is 5.73 Å². The highest BCUT2D eigenvalue weighted by atomic mass is 15.6. The molecule has 2 N–H and O–H groups in total. The topological polar surface area (TPSA) is 69.6 Å². The van der Waals surface area contributed by atoms with Gasteiger partial charge < -0.3 is 5.73 Å². The molecule has 1 unspecified atom stereocenters. The molecule has 1 aliphatic rings. The normalized spacial score (nSPS) is 18.1. The zero-order chi connectivity index (χ0) is 13.8. The molecule has 1 heterocycles. The average molecular weight is 271 g/mol. The fourth-order valence-corrected chi connectivity index (χ4v) is 2.99. The summed E-state index contributed by atoms with van der Waals surface area (Å²) in [7, 11) is 0. The summed E-state index contributed by atoms with van der Waals surface area (Å²) in [4.78, 5) is 0. The van der Waals surface area contributed by atoms with Crippen molar-refractivity contribution in [2.75, 3.05) is 0 Å². The Morgan fingerprint density at radius 1 is 1.15 bits per heavy atom. The van der Waals surface area contributed by atoms with Gasteiger partial charge in [-0.15, -0.1) is 5.10 Å². The van der Waals surface area contributed by atoms with Crippen LogP contribution in [0.1, 0.15) is 55.6 Å². The average Bonchev–Trinajstić information content (AvgIpc) is 2.99. The van der Waals surface area contributed by atoms with Gasteiger partial charge in [0, 0.05) is 0 Å². The summed E-state index contributed by atoms with van der Waals surface area (Å²) in [5.41, 5.74) is 7.54. The standard InChI is InChI=1S/C15H21N5/c16-14(11-12-7-3-1-4-8-12)15-17-18-19-20(15)13-9-5-2-6-10-13/h1,3-4,7-8,13-14H,2,5-6,9-11,16H2. The molecule has 0 aliphatic heterocycles. The molecule has 1 saturated carbocycles. The molecule has 106 valence electrons. The van der Waals surface area contributed by atoms with E-state index in [1.54, 1.807) is 0 Å². The van der Waals surface area contributed by atoms with E-state index in [-0.39, 0.29) is 6.04 Å². The summed E-state index contributed by atoms with van der Waals surface area (Å²) in [6.45, 7) is 0. The second kappa shape index (κ2) is 6.13. The Hall–Kier alpha value is -1.75. The van der Waals surface area contributed by atoms with Crippen LogP contribution in [0.15, 0.2) is 30.3 Å². The van der Waals surface area contributed by atoms with E-state index in [9.17, 15) is 0 Å². The van der Waals surface area contributed by atoms with Crippen molar-refractivity contribution in [1.29, 1.82) is 0 Å². The Kier molecular flexibility index (Phi) is 4.06. The van der Waals surface area contributed by atoms with Gasteiger partial charge in [-0.25, -0.2) is 4.68 Å². The van der Waals surface area contributed by atoms with Crippen LogP contribution in [0.2, 0.25) is 0 Å². The van der Waals surface area contributed by atoms with Crippen LogP contribution in [0.3, 0.4) is 0 Å². The number of benzene rings is 1. The molecule has 0 amide bonds. The van der Waals surface area contributed by atoms with Crippen molar-refractivity contribution in [2.45, 2.75) is 50.6 Å². The van der Waals surface area contributed by atoms with E-state index in [0.717, 1.165) is 25.1 Å². The molecule has 1 aromatic heterocycles. The lowest BCUT2D eigenvalue weighted by molar-refractivity contribution is 0.312. The van der Waals surface area contributed by atoms with Crippen LogP contribution in [0.4, 0.5) is 0 Å².